The van der Waals surface area contributed by atoms with Crippen LogP contribution >= 0.6 is 0 Å². The second-order valence-electron chi connectivity index (χ2n) is 7.09. The largest absolute Gasteiger partial charge is 0.489 e. The average Bonchev–Trinajstić information content (AvgIpc) is 2.67. The molecule has 0 aliphatic carbocycles. The fourth-order valence-corrected chi connectivity index (χ4v) is 4.73. The second kappa shape index (κ2) is 7.18. The van der Waals surface area contributed by atoms with Gasteiger partial charge in [-0.25, -0.2) is 12.8 Å². The number of halogens is 1. The minimum atomic E-state index is -3.55. The summed E-state index contributed by atoms with van der Waals surface area (Å²) in [6.07, 6.45) is 1.15. The first-order valence-electron chi connectivity index (χ1n) is 9.14. The van der Waals surface area contributed by atoms with Crippen molar-refractivity contribution in [2.75, 3.05) is 18.8 Å². The summed E-state index contributed by atoms with van der Waals surface area (Å²) in [6.45, 7) is 1.25. The van der Waals surface area contributed by atoms with Crippen molar-refractivity contribution in [3.05, 3.63) is 65.5 Å². The Morgan fingerprint density at radius 1 is 1.18 bits per heavy atom. The van der Waals surface area contributed by atoms with Crippen LogP contribution in [-0.2, 0) is 22.2 Å². The molecule has 4 rings (SSSR count). The quantitative estimate of drug-likeness (QED) is 0.847. The minimum Gasteiger partial charge on any atom is -0.489 e. The van der Waals surface area contributed by atoms with Crippen LogP contribution in [0.15, 0.2) is 52.9 Å². The molecule has 2 aromatic rings. The molecule has 1 saturated heterocycles. The summed E-state index contributed by atoms with van der Waals surface area (Å²) in [7, 11) is -3.55. The van der Waals surface area contributed by atoms with E-state index in [1.165, 1.54) is 12.1 Å². The van der Waals surface area contributed by atoms with Crippen LogP contribution < -0.4 is 4.74 Å². The zero-order valence-electron chi connectivity index (χ0n) is 15.2. The van der Waals surface area contributed by atoms with Crippen LogP contribution in [0.2, 0.25) is 0 Å². The molecule has 1 atom stereocenters. The summed E-state index contributed by atoms with van der Waals surface area (Å²) in [5, 5.41) is 11.3. The van der Waals surface area contributed by atoms with Gasteiger partial charge in [0.2, 0.25) is 0 Å². The topological polar surface area (TPSA) is 79.2 Å². The van der Waals surface area contributed by atoms with E-state index in [9.17, 15) is 17.9 Å². The number of piperidine rings is 1. The first kappa shape index (κ1) is 18.9. The SMILES string of the molecule is O=S1(=O)CCN2CCCC(O)(c3ccc(OCc4cccc(F)c4)cc3)C2=N1. The van der Waals surface area contributed by atoms with Crippen molar-refractivity contribution >= 4 is 15.9 Å². The highest BCUT2D eigenvalue weighted by molar-refractivity contribution is 7.90. The molecule has 0 saturated carbocycles. The van der Waals surface area contributed by atoms with Gasteiger partial charge in [0.25, 0.3) is 10.0 Å². The predicted molar refractivity (Wildman–Crippen MR) is 103 cm³/mol. The average molecular weight is 404 g/mol. The van der Waals surface area contributed by atoms with Gasteiger partial charge in [-0.1, -0.05) is 24.3 Å². The van der Waals surface area contributed by atoms with Crippen molar-refractivity contribution in [1.29, 1.82) is 0 Å². The zero-order chi connectivity index (χ0) is 19.8. The molecule has 148 valence electrons. The van der Waals surface area contributed by atoms with Crippen molar-refractivity contribution in [1.82, 2.24) is 4.90 Å². The highest BCUT2D eigenvalue weighted by atomic mass is 32.2. The predicted octanol–water partition coefficient (Wildman–Crippen LogP) is 2.43. The maximum Gasteiger partial charge on any atom is 0.256 e. The summed E-state index contributed by atoms with van der Waals surface area (Å²) >= 11 is 0. The van der Waals surface area contributed by atoms with Gasteiger partial charge in [-0.15, -0.1) is 4.40 Å². The van der Waals surface area contributed by atoms with Crippen LogP contribution in [0.1, 0.15) is 24.0 Å². The monoisotopic (exact) mass is 404 g/mol. The molecule has 0 amide bonds. The van der Waals surface area contributed by atoms with E-state index in [4.69, 9.17) is 4.74 Å². The van der Waals surface area contributed by atoms with E-state index in [0.717, 1.165) is 6.42 Å². The van der Waals surface area contributed by atoms with E-state index in [0.29, 0.717) is 36.4 Å². The van der Waals surface area contributed by atoms with Crippen LogP contribution in [0.25, 0.3) is 0 Å². The summed E-state index contributed by atoms with van der Waals surface area (Å²) in [5.74, 6) is 0.434. The molecule has 6 nitrogen and oxygen atoms in total. The van der Waals surface area contributed by atoms with Crippen molar-refractivity contribution < 1.29 is 22.7 Å². The van der Waals surface area contributed by atoms with Crippen molar-refractivity contribution in [2.45, 2.75) is 25.0 Å². The molecule has 1 fully saturated rings. The normalized spacial score (nSPS) is 23.6. The number of benzene rings is 2. The molecular formula is C20H21FN2O4S. The Morgan fingerprint density at radius 2 is 1.96 bits per heavy atom. The molecule has 28 heavy (non-hydrogen) atoms. The Morgan fingerprint density at radius 3 is 2.71 bits per heavy atom. The molecule has 0 spiro atoms. The van der Waals surface area contributed by atoms with Crippen LogP contribution in [0, 0.1) is 5.82 Å². The number of rotatable bonds is 4. The van der Waals surface area contributed by atoms with E-state index in [2.05, 4.69) is 4.40 Å². The van der Waals surface area contributed by atoms with Gasteiger partial charge in [-0.2, -0.15) is 0 Å². The van der Waals surface area contributed by atoms with E-state index in [1.807, 2.05) is 4.90 Å². The number of sulfonamides is 1. The molecule has 1 unspecified atom stereocenters. The first-order chi connectivity index (χ1) is 13.4. The number of amidine groups is 1. The Balaban J connectivity index is 1.55. The minimum absolute atomic E-state index is 0.0283. The molecule has 2 aromatic carbocycles. The Labute approximate surface area is 163 Å². The Kier molecular flexibility index (Phi) is 4.84. The Hall–Kier alpha value is -2.45. The fourth-order valence-electron chi connectivity index (χ4n) is 3.65. The molecule has 2 aliphatic heterocycles. The molecule has 2 heterocycles. The lowest BCUT2D eigenvalue weighted by Crippen LogP contribution is -2.55. The smallest absolute Gasteiger partial charge is 0.256 e. The van der Waals surface area contributed by atoms with Gasteiger partial charge >= 0.3 is 0 Å². The number of hydrogen-bond donors (Lipinski definition) is 1. The molecule has 0 aromatic heterocycles. The molecule has 8 heteroatoms. The lowest BCUT2D eigenvalue weighted by molar-refractivity contribution is 0.0647. The maximum atomic E-state index is 13.2. The highest BCUT2D eigenvalue weighted by Crippen LogP contribution is 2.36. The zero-order valence-corrected chi connectivity index (χ0v) is 16.0. The van der Waals surface area contributed by atoms with Gasteiger partial charge in [0.1, 0.15) is 23.8 Å². The highest BCUT2D eigenvalue weighted by Gasteiger charge is 2.44. The van der Waals surface area contributed by atoms with Gasteiger partial charge in [-0.3, -0.25) is 0 Å². The Bertz CT molecular complexity index is 1010. The first-order valence-corrected chi connectivity index (χ1v) is 10.7. The molecule has 1 N–H and O–H groups in total. The van der Waals surface area contributed by atoms with Crippen LogP contribution in [-0.4, -0.2) is 43.1 Å². The number of fused-ring (bicyclic) bond motifs is 1. The lowest BCUT2D eigenvalue weighted by Gasteiger charge is -2.43. The summed E-state index contributed by atoms with van der Waals surface area (Å²) in [5.41, 5.74) is -0.147. The van der Waals surface area contributed by atoms with Crippen molar-refractivity contribution in [2.24, 2.45) is 4.40 Å². The third-order valence-electron chi connectivity index (χ3n) is 5.11. The number of nitrogens with zero attached hydrogens (tertiary/aromatic N) is 2. The second-order valence-corrected chi connectivity index (χ2v) is 8.85. The van der Waals surface area contributed by atoms with E-state index >= 15 is 0 Å². The summed E-state index contributed by atoms with van der Waals surface area (Å²) in [4.78, 5) is 1.85. The van der Waals surface area contributed by atoms with Crippen LogP contribution in [0.4, 0.5) is 4.39 Å². The number of hydrogen-bond acceptors (Lipinski definition) is 5. The van der Waals surface area contributed by atoms with Crippen molar-refractivity contribution in [3.63, 3.8) is 0 Å². The van der Waals surface area contributed by atoms with Gasteiger partial charge in [-0.05, 0) is 48.2 Å². The van der Waals surface area contributed by atoms with Crippen LogP contribution in [0.3, 0.4) is 0 Å². The lowest BCUT2D eigenvalue weighted by atomic mass is 9.84. The maximum absolute atomic E-state index is 13.2. The third-order valence-corrected chi connectivity index (χ3v) is 6.26. The summed E-state index contributed by atoms with van der Waals surface area (Å²) in [6, 6.07) is 13.0. The molecule has 2 aliphatic rings. The third kappa shape index (κ3) is 3.74. The van der Waals surface area contributed by atoms with Gasteiger partial charge in [0, 0.05) is 13.1 Å². The standard InChI is InChI=1S/C20H21FN2O4S/c21-17-4-1-3-15(13-17)14-27-18-7-5-16(6-8-18)20(24)9-2-10-23-11-12-28(25,26)22-19(20)23/h1,3-8,13,24H,2,9-12,14H2. The summed E-state index contributed by atoms with van der Waals surface area (Å²) < 4.78 is 46.7. The van der Waals surface area contributed by atoms with Crippen molar-refractivity contribution in [3.8, 4) is 5.75 Å². The van der Waals surface area contributed by atoms with E-state index in [1.54, 1.807) is 36.4 Å². The van der Waals surface area contributed by atoms with Crippen LogP contribution in [0.5, 0.6) is 5.75 Å². The van der Waals surface area contributed by atoms with Gasteiger partial charge in [0.05, 0.1) is 5.75 Å². The molecule has 0 radical (unpaired) electrons. The van der Waals surface area contributed by atoms with E-state index in [-0.39, 0.29) is 24.0 Å². The number of ether oxygens (including phenoxy) is 1. The number of aliphatic hydroxyl groups is 1. The molecule has 0 bridgehead atoms. The van der Waals surface area contributed by atoms with Gasteiger partial charge in [0.15, 0.2) is 5.84 Å². The van der Waals surface area contributed by atoms with E-state index < -0.39 is 15.6 Å². The fraction of sp³-hybridized carbons (Fsp3) is 0.350. The molecular weight excluding hydrogens is 383 g/mol. The van der Waals surface area contributed by atoms with Gasteiger partial charge < -0.3 is 14.7 Å².